The Morgan fingerprint density at radius 3 is 2.12 bits per heavy atom. The zero-order valence-electron chi connectivity index (χ0n) is 12.4. The molecule has 9 unspecified atom stereocenters. The highest BCUT2D eigenvalue weighted by atomic mass is 14.9. The van der Waals surface area contributed by atoms with Gasteiger partial charge in [-0.15, -0.1) is 0 Å². The molecule has 4 bridgehead atoms. The van der Waals surface area contributed by atoms with Gasteiger partial charge in [0, 0.05) is 0 Å². The topological polar surface area (TPSA) is 0 Å². The summed E-state index contributed by atoms with van der Waals surface area (Å²) in [6.45, 7) is 15.6. The molecular formula is C17H28. The minimum atomic E-state index is 0.622. The summed E-state index contributed by atoms with van der Waals surface area (Å²) < 4.78 is 0. The standard InChI is InChI=1S/C17H28/c1-9-7-16(5)13(9)14-12-8-15(14,4)11(3)17(16,6)10(12)2/h9-14H,7-8H2,1-6H3. The summed E-state index contributed by atoms with van der Waals surface area (Å²) in [4.78, 5) is 0. The minimum Gasteiger partial charge on any atom is -0.0622 e. The van der Waals surface area contributed by atoms with Crippen LogP contribution in [0.5, 0.6) is 0 Å². The molecule has 0 spiro atoms. The van der Waals surface area contributed by atoms with Crippen LogP contribution >= 0.6 is 0 Å². The van der Waals surface area contributed by atoms with Crippen molar-refractivity contribution < 1.29 is 0 Å². The van der Waals surface area contributed by atoms with Crippen molar-refractivity contribution in [1.82, 2.24) is 0 Å². The molecule has 0 heterocycles. The lowest BCUT2D eigenvalue weighted by Crippen LogP contribution is -2.81. The second-order valence-electron chi connectivity index (χ2n) is 8.82. The van der Waals surface area contributed by atoms with Crippen LogP contribution in [0.4, 0.5) is 0 Å². The predicted octanol–water partition coefficient (Wildman–Crippen LogP) is 4.60. The second-order valence-corrected chi connectivity index (χ2v) is 8.82. The molecule has 0 nitrogen and oxygen atoms in total. The van der Waals surface area contributed by atoms with Crippen LogP contribution in [0.15, 0.2) is 0 Å². The SMILES string of the molecule is CC1CC2(C)C1C1C3CC1(C)C(C)C2(C)C3C. The molecule has 0 aromatic carbocycles. The Morgan fingerprint density at radius 1 is 0.882 bits per heavy atom. The third-order valence-electron chi connectivity index (χ3n) is 9.09. The van der Waals surface area contributed by atoms with E-state index in [1.807, 2.05) is 0 Å². The molecule has 6 fully saturated rings. The van der Waals surface area contributed by atoms with Gasteiger partial charge in [-0.3, -0.25) is 0 Å². The molecule has 6 rings (SSSR count). The Kier molecular flexibility index (Phi) is 1.60. The van der Waals surface area contributed by atoms with Crippen LogP contribution in [0.3, 0.4) is 0 Å². The Balaban J connectivity index is 1.91. The maximum Gasteiger partial charge on any atom is -0.0210 e. The van der Waals surface area contributed by atoms with E-state index in [0.29, 0.717) is 16.2 Å². The van der Waals surface area contributed by atoms with Gasteiger partial charge in [0.15, 0.2) is 0 Å². The van der Waals surface area contributed by atoms with Crippen LogP contribution in [0.25, 0.3) is 0 Å². The molecule has 96 valence electrons. The van der Waals surface area contributed by atoms with Gasteiger partial charge in [-0.25, -0.2) is 0 Å². The quantitative estimate of drug-likeness (QED) is 0.573. The molecule has 0 aromatic heterocycles. The maximum absolute atomic E-state index is 2.65. The molecular weight excluding hydrogens is 204 g/mol. The fraction of sp³-hybridized carbons (Fsp3) is 1.00. The molecule has 0 radical (unpaired) electrons. The monoisotopic (exact) mass is 232 g/mol. The summed E-state index contributed by atoms with van der Waals surface area (Å²) in [5, 5.41) is 0. The maximum atomic E-state index is 2.65. The molecule has 6 aliphatic carbocycles. The first-order valence-electron chi connectivity index (χ1n) is 7.78. The Labute approximate surface area is 107 Å². The van der Waals surface area contributed by atoms with Gasteiger partial charge in [-0.1, -0.05) is 41.5 Å². The summed E-state index contributed by atoms with van der Waals surface area (Å²) in [7, 11) is 0. The van der Waals surface area contributed by atoms with Crippen LogP contribution in [0, 0.1) is 51.8 Å². The number of hydrogen-bond donors (Lipinski definition) is 0. The van der Waals surface area contributed by atoms with Crippen molar-refractivity contribution in [2.24, 2.45) is 51.8 Å². The lowest BCUT2D eigenvalue weighted by molar-refractivity contribution is -0.386. The van der Waals surface area contributed by atoms with Crippen LogP contribution in [-0.4, -0.2) is 0 Å². The molecule has 0 amide bonds. The van der Waals surface area contributed by atoms with E-state index >= 15 is 0 Å². The molecule has 0 heteroatoms. The van der Waals surface area contributed by atoms with E-state index in [2.05, 4.69) is 41.5 Å². The Morgan fingerprint density at radius 2 is 1.53 bits per heavy atom. The Bertz CT molecular complexity index is 399. The van der Waals surface area contributed by atoms with E-state index in [1.165, 1.54) is 12.8 Å². The van der Waals surface area contributed by atoms with Crippen molar-refractivity contribution in [2.75, 3.05) is 0 Å². The van der Waals surface area contributed by atoms with Crippen molar-refractivity contribution in [2.45, 2.75) is 54.4 Å². The molecule has 6 aliphatic rings. The lowest BCUT2D eigenvalue weighted by atomic mass is 9.18. The third-order valence-corrected chi connectivity index (χ3v) is 9.09. The highest BCUT2D eigenvalue weighted by Crippen LogP contribution is 2.87. The van der Waals surface area contributed by atoms with E-state index < -0.39 is 0 Å². The fourth-order valence-corrected chi connectivity index (χ4v) is 8.00. The van der Waals surface area contributed by atoms with E-state index in [0.717, 1.165) is 35.5 Å². The Hall–Kier alpha value is 0. The first kappa shape index (κ1) is 10.9. The van der Waals surface area contributed by atoms with Gasteiger partial charge in [0.1, 0.15) is 0 Å². The summed E-state index contributed by atoms with van der Waals surface area (Å²) in [6, 6.07) is 0. The van der Waals surface area contributed by atoms with Crippen LogP contribution in [0.2, 0.25) is 0 Å². The van der Waals surface area contributed by atoms with E-state index in [-0.39, 0.29) is 0 Å². The average molecular weight is 232 g/mol. The highest BCUT2D eigenvalue weighted by Gasteiger charge is 2.81. The van der Waals surface area contributed by atoms with Crippen LogP contribution in [-0.2, 0) is 0 Å². The highest BCUT2D eigenvalue weighted by molar-refractivity contribution is 5.29. The molecule has 0 aromatic rings. The van der Waals surface area contributed by atoms with Gasteiger partial charge in [-0.2, -0.15) is 0 Å². The summed E-state index contributed by atoms with van der Waals surface area (Å²) in [5.41, 5.74) is 1.99. The third kappa shape index (κ3) is 0.742. The van der Waals surface area contributed by atoms with E-state index in [9.17, 15) is 0 Å². The first-order valence-corrected chi connectivity index (χ1v) is 7.78. The van der Waals surface area contributed by atoms with Crippen LogP contribution < -0.4 is 0 Å². The summed E-state index contributed by atoms with van der Waals surface area (Å²) in [6.07, 6.45) is 3.04. The summed E-state index contributed by atoms with van der Waals surface area (Å²) in [5.74, 6) is 6.12. The normalized spacial score (nSPS) is 75.9. The van der Waals surface area contributed by atoms with Crippen molar-refractivity contribution in [1.29, 1.82) is 0 Å². The van der Waals surface area contributed by atoms with Gasteiger partial charge < -0.3 is 0 Å². The van der Waals surface area contributed by atoms with E-state index in [4.69, 9.17) is 0 Å². The zero-order valence-corrected chi connectivity index (χ0v) is 12.4. The van der Waals surface area contributed by atoms with Gasteiger partial charge in [0.2, 0.25) is 0 Å². The van der Waals surface area contributed by atoms with Gasteiger partial charge in [-0.05, 0) is 64.6 Å². The number of rotatable bonds is 0. The van der Waals surface area contributed by atoms with Crippen molar-refractivity contribution in [3.8, 4) is 0 Å². The average Bonchev–Trinajstić information content (AvgIpc) is 2.25. The van der Waals surface area contributed by atoms with Crippen molar-refractivity contribution in [3.63, 3.8) is 0 Å². The zero-order chi connectivity index (χ0) is 12.4. The second kappa shape index (κ2) is 2.49. The molecule has 17 heavy (non-hydrogen) atoms. The van der Waals surface area contributed by atoms with Gasteiger partial charge in [0.25, 0.3) is 0 Å². The smallest absolute Gasteiger partial charge is 0.0210 e. The molecule has 0 saturated heterocycles. The molecule has 9 atom stereocenters. The lowest BCUT2D eigenvalue weighted by Gasteiger charge is -2.86. The van der Waals surface area contributed by atoms with Crippen molar-refractivity contribution in [3.05, 3.63) is 0 Å². The van der Waals surface area contributed by atoms with Crippen molar-refractivity contribution >= 4 is 0 Å². The molecule has 0 aliphatic heterocycles. The number of hydrogen-bond acceptors (Lipinski definition) is 0. The predicted molar refractivity (Wildman–Crippen MR) is 71.5 cm³/mol. The first-order chi connectivity index (χ1) is 7.78. The molecule has 6 saturated carbocycles. The van der Waals surface area contributed by atoms with Crippen LogP contribution in [0.1, 0.15) is 54.4 Å². The minimum absolute atomic E-state index is 0.622. The fourth-order valence-electron chi connectivity index (χ4n) is 8.00. The van der Waals surface area contributed by atoms with Gasteiger partial charge >= 0.3 is 0 Å². The van der Waals surface area contributed by atoms with E-state index in [1.54, 1.807) is 0 Å². The summed E-state index contributed by atoms with van der Waals surface area (Å²) >= 11 is 0. The largest absolute Gasteiger partial charge is 0.0622 e. The molecule has 0 N–H and O–H groups in total. The van der Waals surface area contributed by atoms with Gasteiger partial charge in [0.05, 0.1) is 0 Å².